The van der Waals surface area contributed by atoms with E-state index in [0.29, 0.717) is 39.5 Å². The number of amides is 1. The number of fused-ring (bicyclic) bond motifs is 3. The highest BCUT2D eigenvalue weighted by molar-refractivity contribution is 6.06. The van der Waals surface area contributed by atoms with Crippen molar-refractivity contribution >= 4 is 33.8 Å². The van der Waals surface area contributed by atoms with Gasteiger partial charge in [0.15, 0.2) is 0 Å². The molecule has 3 rings (SSSR count). The van der Waals surface area contributed by atoms with E-state index in [1.165, 1.54) is 7.11 Å². The van der Waals surface area contributed by atoms with Crippen LogP contribution in [0.5, 0.6) is 11.5 Å². The quantitative estimate of drug-likeness (QED) is 0.232. The molecular weight excluding hydrogens is 438 g/mol. The van der Waals surface area contributed by atoms with Gasteiger partial charge < -0.3 is 23.9 Å². The van der Waals surface area contributed by atoms with E-state index < -0.39 is 29.3 Å². The van der Waals surface area contributed by atoms with Crippen LogP contribution >= 0.6 is 0 Å². The van der Waals surface area contributed by atoms with Crippen molar-refractivity contribution in [2.24, 2.45) is 5.92 Å². The molecule has 3 aromatic rings. The molecule has 2 atom stereocenters. The van der Waals surface area contributed by atoms with Gasteiger partial charge in [-0.1, -0.05) is 20.3 Å². The van der Waals surface area contributed by atoms with Crippen molar-refractivity contribution in [2.45, 2.75) is 59.6 Å². The van der Waals surface area contributed by atoms with Crippen molar-refractivity contribution in [2.75, 3.05) is 7.11 Å². The molecule has 0 fully saturated rings. The lowest BCUT2D eigenvalue weighted by Gasteiger charge is -2.25. The maximum absolute atomic E-state index is 13.1. The number of hydrogen-bond acceptors (Lipinski definition) is 7. The Morgan fingerprint density at radius 1 is 1.09 bits per heavy atom. The van der Waals surface area contributed by atoms with Gasteiger partial charge in [-0.15, -0.1) is 0 Å². The second-order valence-electron chi connectivity index (χ2n) is 9.30. The third-order valence-electron chi connectivity index (χ3n) is 5.64. The minimum atomic E-state index is -0.911. The predicted octanol–water partition coefficient (Wildman–Crippen LogP) is 5.11. The van der Waals surface area contributed by atoms with E-state index in [1.54, 1.807) is 58.0 Å². The van der Waals surface area contributed by atoms with E-state index in [1.807, 2.05) is 13.8 Å². The van der Waals surface area contributed by atoms with Gasteiger partial charge in [0.25, 0.3) is 0 Å². The molecule has 0 aliphatic heterocycles. The molecule has 8 nitrogen and oxygen atoms in total. The molecule has 0 aliphatic carbocycles. The zero-order chi connectivity index (χ0) is 25.2. The standard InChI is InChI=1S/C26H31NO7/c1-8-14(2)21(27-25(30)34-26(4,5)6)24(29)32-20-12-11-18-17-10-9-16(31-7)13-19(17)23(28)33-22(18)15(20)3/h9-14,21H,8H2,1-7H3,(H,27,30). The fraction of sp³-hybridized carbons (Fsp3) is 0.423. The summed E-state index contributed by atoms with van der Waals surface area (Å²) in [6.07, 6.45) is -0.0609. The zero-order valence-electron chi connectivity index (χ0n) is 20.6. The first-order chi connectivity index (χ1) is 15.9. The number of carbonyl (C=O) groups is 2. The number of hydrogen-bond donors (Lipinski definition) is 1. The van der Waals surface area contributed by atoms with E-state index in [-0.39, 0.29) is 11.7 Å². The van der Waals surface area contributed by atoms with E-state index in [9.17, 15) is 14.4 Å². The molecule has 2 aromatic carbocycles. The van der Waals surface area contributed by atoms with Crippen LogP contribution in [0.1, 0.15) is 46.6 Å². The summed E-state index contributed by atoms with van der Waals surface area (Å²) in [5, 5.41) is 4.44. The molecule has 8 heteroatoms. The lowest BCUT2D eigenvalue weighted by Crippen LogP contribution is -2.48. The number of alkyl carbamates (subject to hydrolysis) is 1. The minimum Gasteiger partial charge on any atom is -0.497 e. The average molecular weight is 470 g/mol. The number of esters is 1. The molecule has 2 unspecified atom stereocenters. The molecule has 0 spiro atoms. The molecule has 0 saturated carbocycles. The zero-order valence-corrected chi connectivity index (χ0v) is 20.6. The van der Waals surface area contributed by atoms with Gasteiger partial charge in [0.1, 0.15) is 28.7 Å². The highest BCUT2D eigenvalue weighted by Crippen LogP contribution is 2.32. The third kappa shape index (κ3) is 5.32. The third-order valence-corrected chi connectivity index (χ3v) is 5.64. The second kappa shape index (κ2) is 9.75. The van der Waals surface area contributed by atoms with Gasteiger partial charge in [-0.05, 0) is 63.9 Å². The maximum Gasteiger partial charge on any atom is 0.408 e. The predicted molar refractivity (Wildman–Crippen MR) is 130 cm³/mol. The number of methoxy groups -OCH3 is 1. The summed E-state index contributed by atoms with van der Waals surface area (Å²) in [6.45, 7) is 10.7. The fourth-order valence-electron chi connectivity index (χ4n) is 3.61. The number of nitrogens with one attached hydrogen (secondary N) is 1. The lowest BCUT2D eigenvalue weighted by molar-refractivity contribution is -0.138. The van der Waals surface area contributed by atoms with Crippen molar-refractivity contribution in [3.05, 3.63) is 46.3 Å². The normalized spacial score (nSPS) is 13.4. The first-order valence-electron chi connectivity index (χ1n) is 11.2. The highest BCUT2D eigenvalue weighted by Gasteiger charge is 2.30. The Kier molecular flexibility index (Phi) is 7.19. The second-order valence-corrected chi connectivity index (χ2v) is 9.30. The van der Waals surface area contributed by atoms with Crippen LogP contribution in [0.25, 0.3) is 21.7 Å². The Labute approximate surface area is 198 Å². The lowest BCUT2D eigenvalue weighted by atomic mass is 9.99. The number of carbonyl (C=O) groups excluding carboxylic acids is 2. The molecule has 0 aliphatic rings. The van der Waals surface area contributed by atoms with Gasteiger partial charge in [-0.25, -0.2) is 14.4 Å². The number of rotatable bonds is 6. The molecule has 34 heavy (non-hydrogen) atoms. The van der Waals surface area contributed by atoms with Gasteiger partial charge in [0.05, 0.1) is 12.5 Å². The topological polar surface area (TPSA) is 104 Å². The van der Waals surface area contributed by atoms with E-state index in [4.69, 9.17) is 18.6 Å². The molecule has 1 N–H and O–H groups in total. The van der Waals surface area contributed by atoms with Crippen molar-refractivity contribution in [3.63, 3.8) is 0 Å². The monoisotopic (exact) mass is 469 g/mol. The van der Waals surface area contributed by atoms with Crippen LogP contribution in [0, 0.1) is 12.8 Å². The van der Waals surface area contributed by atoms with Crippen molar-refractivity contribution in [1.29, 1.82) is 0 Å². The smallest absolute Gasteiger partial charge is 0.408 e. The SMILES string of the molecule is CCC(C)C(NC(=O)OC(C)(C)C)C(=O)Oc1ccc2c(oc(=O)c3cc(OC)ccc32)c1C. The summed E-state index contributed by atoms with van der Waals surface area (Å²) >= 11 is 0. The maximum atomic E-state index is 13.1. The van der Waals surface area contributed by atoms with Crippen LogP contribution in [0.15, 0.2) is 39.5 Å². The van der Waals surface area contributed by atoms with Gasteiger partial charge in [0.2, 0.25) is 0 Å². The van der Waals surface area contributed by atoms with Crippen LogP contribution in [0.2, 0.25) is 0 Å². The van der Waals surface area contributed by atoms with Crippen LogP contribution in [0.4, 0.5) is 4.79 Å². The first kappa shape index (κ1) is 25.1. The molecule has 1 aromatic heterocycles. The van der Waals surface area contributed by atoms with Crippen LogP contribution < -0.4 is 20.4 Å². The Morgan fingerprint density at radius 3 is 2.38 bits per heavy atom. The van der Waals surface area contributed by atoms with Gasteiger partial charge in [-0.2, -0.15) is 0 Å². The summed E-state index contributed by atoms with van der Waals surface area (Å²) in [7, 11) is 1.53. The van der Waals surface area contributed by atoms with Crippen LogP contribution in [-0.2, 0) is 9.53 Å². The number of benzene rings is 2. The molecular formula is C26H31NO7. The largest absolute Gasteiger partial charge is 0.497 e. The summed E-state index contributed by atoms with van der Waals surface area (Å²) in [6, 6.07) is 7.67. The van der Waals surface area contributed by atoms with E-state index in [2.05, 4.69) is 5.32 Å². The number of ether oxygens (including phenoxy) is 3. The van der Waals surface area contributed by atoms with E-state index in [0.717, 1.165) is 0 Å². The Morgan fingerprint density at radius 2 is 1.76 bits per heavy atom. The molecule has 0 radical (unpaired) electrons. The summed E-state index contributed by atoms with van der Waals surface area (Å²) in [5.74, 6) is -0.0315. The van der Waals surface area contributed by atoms with Gasteiger partial charge in [0, 0.05) is 16.3 Å². The van der Waals surface area contributed by atoms with E-state index >= 15 is 0 Å². The Hall–Kier alpha value is -3.55. The van der Waals surface area contributed by atoms with Crippen molar-refractivity contribution < 1.29 is 28.2 Å². The van der Waals surface area contributed by atoms with Crippen molar-refractivity contribution in [3.8, 4) is 11.5 Å². The first-order valence-corrected chi connectivity index (χ1v) is 11.2. The summed E-state index contributed by atoms with van der Waals surface area (Å²) in [4.78, 5) is 38.0. The average Bonchev–Trinajstić information content (AvgIpc) is 2.77. The minimum absolute atomic E-state index is 0.197. The molecule has 1 amide bonds. The van der Waals surface area contributed by atoms with Crippen LogP contribution in [-0.4, -0.2) is 30.8 Å². The van der Waals surface area contributed by atoms with Crippen molar-refractivity contribution in [1.82, 2.24) is 5.32 Å². The molecule has 0 bridgehead atoms. The molecule has 1 heterocycles. The summed E-state index contributed by atoms with van der Waals surface area (Å²) < 4.78 is 21.8. The highest BCUT2D eigenvalue weighted by atomic mass is 16.6. The van der Waals surface area contributed by atoms with Gasteiger partial charge >= 0.3 is 17.7 Å². The molecule has 0 saturated heterocycles. The Balaban J connectivity index is 1.95. The number of aryl methyl sites for hydroxylation is 1. The van der Waals surface area contributed by atoms with Crippen LogP contribution in [0.3, 0.4) is 0 Å². The summed E-state index contributed by atoms with van der Waals surface area (Å²) in [5.41, 5.74) is -0.390. The van der Waals surface area contributed by atoms with Gasteiger partial charge in [-0.3, -0.25) is 0 Å². The fourth-order valence-corrected chi connectivity index (χ4v) is 3.61. The molecule has 182 valence electrons. The Bertz CT molecular complexity index is 1290.